The van der Waals surface area contributed by atoms with E-state index in [2.05, 4.69) is 26.7 Å². The second kappa shape index (κ2) is 6.76. The van der Waals surface area contributed by atoms with Gasteiger partial charge in [-0.05, 0) is 25.0 Å². The first-order valence-electron chi connectivity index (χ1n) is 7.73. The minimum absolute atomic E-state index is 0.0377. The molecule has 0 spiro atoms. The highest BCUT2D eigenvalue weighted by Crippen LogP contribution is 2.19. The van der Waals surface area contributed by atoms with Crippen LogP contribution in [0.1, 0.15) is 32.9 Å². The fourth-order valence-corrected chi connectivity index (χ4v) is 2.52. The Morgan fingerprint density at radius 1 is 1.32 bits per heavy atom. The van der Waals surface area contributed by atoms with E-state index in [1.807, 2.05) is 26.0 Å². The van der Waals surface area contributed by atoms with Gasteiger partial charge in [-0.1, -0.05) is 28.9 Å². The molecule has 0 atom stereocenters. The van der Waals surface area contributed by atoms with Gasteiger partial charge in [-0.25, -0.2) is 0 Å². The lowest BCUT2D eigenvalue weighted by Gasteiger charge is -2.03. The molecule has 0 aliphatic carbocycles. The highest BCUT2D eigenvalue weighted by atomic mass is 16.5. The first kappa shape index (κ1) is 16.7. The van der Waals surface area contributed by atoms with Crippen molar-refractivity contribution in [1.82, 2.24) is 20.0 Å². The van der Waals surface area contributed by atoms with Crippen LogP contribution in [0.25, 0.3) is 0 Å². The molecule has 1 amide bonds. The standard InChI is InChI=1S/C17H19N5O3/c1-10-5-6-12(11(2)7-10)8-14-19-20-17(25-14)18-15(23)13-9-22(3)21-16(13)24-4/h5-7,9H,8H2,1-4H3,(H,18,20,23). The quantitative estimate of drug-likeness (QED) is 0.765. The van der Waals surface area contributed by atoms with E-state index in [1.54, 1.807) is 13.2 Å². The zero-order valence-corrected chi connectivity index (χ0v) is 14.5. The number of carbonyl (C=O) groups is 1. The van der Waals surface area contributed by atoms with Crippen LogP contribution in [0, 0.1) is 13.8 Å². The number of hydrogen-bond acceptors (Lipinski definition) is 6. The van der Waals surface area contributed by atoms with Crippen molar-refractivity contribution in [1.29, 1.82) is 0 Å². The summed E-state index contributed by atoms with van der Waals surface area (Å²) in [6, 6.07) is 6.21. The Bertz CT molecular complexity index is 913. The largest absolute Gasteiger partial charge is 0.479 e. The number of anilines is 1. The van der Waals surface area contributed by atoms with Gasteiger partial charge in [0, 0.05) is 13.2 Å². The lowest BCUT2D eigenvalue weighted by molar-refractivity contribution is 0.102. The SMILES string of the molecule is COc1nn(C)cc1C(=O)Nc1nnc(Cc2ccc(C)cc2C)o1. The maximum atomic E-state index is 12.3. The molecule has 0 saturated carbocycles. The number of methoxy groups -OCH3 is 1. The molecule has 2 heterocycles. The molecule has 1 N–H and O–H groups in total. The van der Waals surface area contributed by atoms with Crippen molar-refractivity contribution in [3.05, 3.63) is 52.5 Å². The van der Waals surface area contributed by atoms with Crippen LogP contribution < -0.4 is 10.1 Å². The number of amides is 1. The van der Waals surface area contributed by atoms with Gasteiger partial charge in [-0.2, -0.15) is 0 Å². The molecule has 2 aromatic heterocycles. The molecule has 1 aromatic carbocycles. The number of hydrogen-bond donors (Lipinski definition) is 1. The van der Waals surface area contributed by atoms with Crippen molar-refractivity contribution in [2.75, 3.05) is 12.4 Å². The Morgan fingerprint density at radius 2 is 2.12 bits per heavy atom. The number of nitrogens with one attached hydrogen (secondary N) is 1. The maximum Gasteiger partial charge on any atom is 0.322 e. The minimum atomic E-state index is -0.424. The molecule has 3 aromatic rings. The molecule has 8 heteroatoms. The summed E-state index contributed by atoms with van der Waals surface area (Å²) in [6.07, 6.45) is 2.06. The van der Waals surface area contributed by atoms with Crippen molar-refractivity contribution in [2.45, 2.75) is 20.3 Å². The van der Waals surface area contributed by atoms with Crippen LogP contribution in [-0.4, -0.2) is 33.0 Å². The van der Waals surface area contributed by atoms with Gasteiger partial charge in [0.15, 0.2) is 0 Å². The Morgan fingerprint density at radius 3 is 2.84 bits per heavy atom. The number of ether oxygens (including phenoxy) is 1. The van der Waals surface area contributed by atoms with Crippen molar-refractivity contribution in [2.24, 2.45) is 7.05 Å². The Balaban J connectivity index is 1.72. The third-order valence-corrected chi connectivity index (χ3v) is 3.76. The second-order valence-electron chi connectivity index (χ2n) is 5.79. The van der Waals surface area contributed by atoms with Crippen LogP contribution >= 0.6 is 0 Å². The van der Waals surface area contributed by atoms with Gasteiger partial charge < -0.3 is 9.15 Å². The first-order chi connectivity index (χ1) is 12.0. The number of carbonyl (C=O) groups excluding carboxylic acids is 1. The van der Waals surface area contributed by atoms with Gasteiger partial charge in [0.2, 0.25) is 11.8 Å². The van der Waals surface area contributed by atoms with E-state index in [0.717, 1.165) is 11.1 Å². The first-order valence-corrected chi connectivity index (χ1v) is 7.73. The van der Waals surface area contributed by atoms with Crippen LogP contribution in [0.5, 0.6) is 5.88 Å². The van der Waals surface area contributed by atoms with Crippen LogP contribution in [-0.2, 0) is 13.5 Å². The van der Waals surface area contributed by atoms with Crippen LogP contribution in [0.4, 0.5) is 6.01 Å². The van der Waals surface area contributed by atoms with Gasteiger partial charge in [0.05, 0.1) is 13.5 Å². The molecule has 0 aliphatic rings. The average molecular weight is 341 g/mol. The van der Waals surface area contributed by atoms with E-state index >= 15 is 0 Å². The molecule has 3 rings (SSSR count). The molecule has 8 nitrogen and oxygen atoms in total. The summed E-state index contributed by atoms with van der Waals surface area (Å²) in [5, 5.41) is 14.5. The molecule has 0 bridgehead atoms. The molecule has 25 heavy (non-hydrogen) atoms. The summed E-state index contributed by atoms with van der Waals surface area (Å²) in [5.74, 6) is 0.238. The number of nitrogens with zero attached hydrogens (tertiary/aromatic N) is 4. The molecule has 0 radical (unpaired) electrons. The van der Waals surface area contributed by atoms with Crippen molar-refractivity contribution in [3.63, 3.8) is 0 Å². The van der Waals surface area contributed by atoms with Gasteiger partial charge >= 0.3 is 6.01 Å². The monoisotopic (exact) mass is 341 g/mol. The lowest BCUT2D eigenvalue weighted by Crippen LogP contribution is -2.12. The van der Waals surface area contributed by atoms with E-state index in [1.165, 1.54) is 17.4 Å². The number of aromatic nitrogens is 4. The zero-order valence-electron chi connectivity index (χ0n) is 14.5. The third kappa shape index (κ3) is 3.68. The Hall–Kier alpha value is -3.16. The van der Waals surface area contributed by atoms with E-state index in [4.69, 9.17) is 9.15 Å². The van der Waals surface area contributed by atoms with E-state index < -0.39 is 5.91 Å². The molecule has 0 fully saturated rings. The average Bonchev–Trinajstić information content (AvgIpc) is 3.16. The minimum Gasteiger partial charge on any atom is -0.479 e. The summed E-state index contributed by atoms with van der Waals surface area (Å²) in [6.45, 7) is 4.08. The summed E-state index contributed by atoms with van der Waals surface area (Å²) in [7, 11) is 3.15. The van der Waals surface area contributed by atoms with Gasteiger partial charge in [0.1, 0.15) is 5.56 Å². The topological polar surface area (TPSA) is 95.1 Å². The molecule has 0 unspecified atom stereocenters. The van der Waals surface area contributed by atoms with Gasteiger partial charge in [-0.3, -0.25) is 14.8 Å². The van der Waals surface area contributed by atoms with Crippen molar-refractivity contribution >= 4 is 11.9 Å². The lowest BCUT2D eigenvalue weighted by atomic mass is 10.0. The van der Waals surface area contributed by atoms with Crippen LogP contribution in [0.3, 0.4) is 0 Å². The van der Waals surface area contributed by atoms with Crippen LogP contribution in [0.2, 0.25) is 0 Å². The molecular formula is C17H19N5O3. The predicted molar refractivity (Wildman–Crippen MR) is 90.7 cm³/mol. The Kier molecular flexibility index (Phi) is 4.51. The van der Waals surface area contributed by atoms with E-state index in [0.29, 0.717) is 17.9 Å². The highest BCUT2D eigenvalue weighted by molar-refractivity contribution is 6.04. The highest BCUT2D eigenvalue weighted by Gasteiger charge is 2.19. The fraction of sp³-hybridized carbons (Fsp3) is 0.294. The molecule has 130 valence electrons. The van der Waals surface area contributed by atoms with Crippen molar-refractivity contribution in [3.8, 4) is 5.88 Å². The fourth-order valence-electron chi connectivity index (χ4n) is 2.52. The van der Waals surface area contributed by atoms with E-state index in [9.17, 15) is 4.79 Å². The predicted octanol–water partition coefficient (Wildman–Crippen LogP) is 2.27. The van der Waals surface area contributed by atoms with Crippen molar-refractivity contribution < 1.29 is 13.9 Å². The molecular weight excluding hydrogens is 322 g/mol. The maximum absolute atomic E-state index is 12.3. The van der Waals surface area contributed by atoms with Gasteiger partial charge in [-0.15, -0.1) is 10.2 Å². The second-order valence-corrected chi connectivity index (χ2v) is 5.79. The third-order valence-electron chi connectivity index (χ3n) is 3.76. The molecule has 0 aliphatic heterocycles. The number of benzene rings is 1. The van der Waals surface area contributed by atoms with E-state index in [-0.39, 0.29) is 11.9 Å². The smallest absolute Gasteiger partial charge is 0.322 e. The number of rotatable bonds is 5. The molecule has 0 saturated heterocycles. The summed E-state index contributed by atoms with van der Waals surface area (Å²) < 4.78 is 12.1. The number of aryl methyl sites for hydroxylation is 3. The normalized spacial score (nSPS) is 10.7. The summed E-state index contributed by atoms with van der Waals surface area (Å²) in [4.78, 5) is 12.3. The zero-order chi connectivity index (χ0) is 18.0. The van der Waals surface area contributed by atoms with Gasteiger partial charge in [0.25, 0.3) is 5.91 Å². The Labute approximate surface area is 144 Å². The van der Waals surface area contributed by atoms with Crippen LogP contribution in [0.15, 0.2) is 28.8 Å². The summed E-state index contributed by atoms with van der Waals surface area (Å²) >= 11 is 0. The summed E-state index contributed by atoms with van der Waals surface area (Å²) in [5.41, 5.74) is 3.74.